The first-order valence-electron chi connectivity index (χ1n) is 4.98. The van der Waals surface area contributed by atoms with Gasteiger partial charge in [-0.05, 0) is 25.0 Å². The van der Waals surface area contributed by atoms with Gasteiger partial charge >= 0.3 is 0 Å². The van der Waals surface area contributed by atoms with Crippen LogP contribution in [0.3, 0.4) is 0 Å². The maximum atomic E-state index is 9.76. The molecule has 1 aromatic carbocycles. The molecule has 2 nitrogen and oxygen atoms in total. The Morgan fingerprint density at radius 2 is 1.79 bits per heavy atom. The van der Waals surface area contributed by atoms with E-state index in [2.05, 4.69) is 12.1 Å². The van der Waals surface area contributed by atoms with Crippen LogP contribution in [0.4, 0.5) is 0 Å². The summed E-state index contributed by atoms with van der Waals surface area (Å²) in [7, 11) is 0. The van der Waals surface area contributed by atoms with Crippen molar-refractivity contribution < 1.29 is 9.84 Å². The maximum absolute atomic E-state index is 9.76. The largest absolute Gasteiger partial charge is 0.386 e. The fraction of sp³-hybridized carbons (Fsp3) is 0.500. The van der Waals surface area contributed by atoms with E-state index in [1.165, 1.54) is 5.56 Å². The molecular weight excluding hydrogens is 176 g/mol. The standard InChI is InChI=1S/C12H16O2/c1-12(2,13)11-5-3-9(4-6-11)10-7-14-8-10/h3-6,10,13H,7-8H2,1-2H3. The monoisotopic (exact) mass is 192 g/mol. The van der Waals surface area contributed by atoms with Gasteiger partial charge in [0.15, 0.2) is 0 Å². The average Bonchev–Trinajstić information content (AvgIpc) is 2.00. The lowest BCUT2D eigenvalue weighted by Crippen LogP contribution is -2.25. The highest BCUT2D eigenvalue weighted by Gasteiger charge is 2.21. The van der Waals surface area contributed by atoms with Gasteiger partial charge in [-0.25, -0.2) is 0 Å². The summed E-state index contributed by atoms with van der Waals surface area (Å²) in [6.07, 6.45) is 0. The molecule has 0 saturated carbocycles. The Balaban J connectivity index is 2.17. The minimum Gasteiger partial charge on any atom is -0.386 e. The van der Waals surface area contributed by atoms with Crippen LogP contribution in [0.15, 0.2) is 24.3 Å². The van der Waals surface area contributed by atoms with Gasteiger partial charge in [-0.3, -0.25) is 0 Å². The fourth-order valence-electron chi connectivity index (χ4n) is 1.59. The third kappa shape index (κ3) is 1.81. The van der Waals surface area contributed by atoms with Crippen molar-refractivity contribution in [3.8, 4) is 0 Å². The van der Waals surface area contributed by atoms with E-state index in [9.17, 15) is 5.11 Å². The van der Waals surface area contributed by atoms with E-state index in [0.29, 0.717) is 5.92 Å². The van der Waals surface area contributed by atoms with E-state index in [-0.39, 0.29) is 0 Å². The molecule has 0 aromatic heterocycles. The first-order valence-corrected chi connectivity index (χ1v) is 4.98. The highest BCUT2D eigenvalue weighted by Crippen LogP contribution is 2.26. The predicted molar refractivity (Wildman–Crippen MR) is 55.2 cm³/mol. The SMILES string of the molecule is CC(C)(O)c1ccc(C2COC2)cc1. The number of hydrogen-bond acceptors (Lipinski definition) is 2. The summed E-state index contributed by atoms with van der Waals surface area (Å²) in [6.45, 7) is 5.27. The van der Waals surface area contributed by atoms with Crippen LogP contribution in [-0.4, -0.2) is 18.3 Å². The molecule has 14 heavy (non-hydrogen) atoms. The molecule has 0 bridgehead atoms. The molecule has 0 atom stereocenters. The number of benzene rings is 1. The van der Waals surface area contributed by atoms with Gasteiger partial charge in [-0.1, -0.05) is 24.3 Å². The smallest absolute Gasteiger partial charge is 0.0840 e. The van der Waals surface area contributed by atoms with E-state index < -0.39 is 5.60 Å². The lowest BCUT2D eigenvalue weighted by molar-refractivity contribution is 0.00837. The summed E-state index contributed by atoms with van der Waals surface area (Å²) in [5, 5.41) is 9.76. The summed E-state index contributed by atoms with van der Waals surface area (Å²) in [5.74, 6) is 0.561. The van der Waals surface area contributed by atoms with E-state index in [1.807, 2.05) is 12.1 Å². The van der Waals surface area contributed by atoms with Crippen LogP contribution in [0, 0.1) is 0 Å². The van der Waals surface area contributed by atoms with Gasteiger partial charge in [0.2, 0.25) is 0 Å². The zero-order valence-electron chi connectivity index (χ0n) is 8.66. The minimum absolute atomic E-state index is 0.561. The lowest BCUT2D eigenvalue weighted by atomic mass is 9.92. The van der Waals surface area contributed by atoms with Crippen molar-refractivity contribution in [2.24, 2.45) is 0 Å². The number of rotatable bonds is 2. The fourth-order valence-corrected chi connectivity index (χ4v) is 1.59. The van der Waals surface area contributed by atoms with E-state index in [1.54, 1.807) is 13.8 Å². The third-order valence-corrected chi connectivity index (χ3v) is 2.73. The van der Waals surface area contributed by atoms with Crippen LogP contribution in [-0.2, 0) is 10.3 Å². The van der Waals surface area contributed by atoms with E-state index >= 15 is 0 Å². The molecule has 1 aromatic rings. The molecule has 0 aliphatic carbocycles. The van der Waals surface area contributed by atoms with E-state index in [4.69, 9.17) is 4.74 Å². The minimum atomic E-state index is -0.741. The third-order valence-electron chi connectivity index (χ3n) is 2.73. The van der Waals surface area contributed by atoms with Crippen molar-refractivity contribution in [1.29, 1.82) is 0 Å². The van der Waals surface area contributed by atoms with Crippen molar-refractivity contribution in [3.05, 3.63) is 35.4 Å². The van der Waals surface area contributed by atoms with Crippen LogP contribution < -0.4 is 0 Å². The summed E-state index contributed by atoms with van der Waals surface area (Å²) < 4.78 is 5.14. The zero-order valence-corrected chi connectivity index (χ0v) is 8.66. The number of aliphatic hydroxyl groups is 1. The van der Waals surface area contributed by atoms with Crippen LogP contribution in [0.5, 0.6) is 0 Å². The molecule has 1 aliphatic heterocycles. The molecule has 2 heteroatoms. The molecule has 0 unspecified atom stereocenters. The van der Waals surface area contributed by atoms with Gasteiger partial charge in [-0.2, -0.15) is 0 Å². The van der Waals surface area contributed by atoms with E-state index in [0.717, 1.165) is 18.8 Å². The summed E-state index contributed by atoms with van der Waals surface area (Å²) in [6, 6.07) is 8.16. The molecule has 2 rings (SSSR count). The molecule has 0 amide bonds. The number of ether oxygens (including phenoxy) is 1. The Morgan fingerprint density at radius 1 is 1.21 bits per heavy atom. The lowest BCUT2D eigenvalue weighted by Gasteiger charge is -2.27. The second kappa shape index (κ2) is 3.37. The average molecular weight is 192 g/mol. The first-order chi connectivity index (χ1) is 6.57. The van der Waals surface area contributed by atoms with Crippen molar-refractivity contribution >= 4 is 0 Å². The van der Waals surface area contributed by atoms with Crippen molar-refractivity contribution in [2.75, 3.05) is 13.2 Å². The van der Waals surface area contributed by atoms with Gasteiger partial charge in [0.05, 0.1) is 18.8 Å². The Bertz CT molecular complexity index is 304. The Hall–Kier alpha value is -0.860. The van der Waals surface area contributed by atoms with Gasteiger partial charge in [-0.15, -0.1) is 0 Å². The summed E-state index contributed by atoms with van der Waals surface area (Å²) in [5.41, 5.74) is 1.53. The topological polar surface area (TPSA) is 29.5 Å². The van der Waals surface area contributed by atoms with Crippen molar-refractivity contribution in [2.45, 2.75) is 25.4 Å². The molecule has 1 saturated heterocycles. The molecule has 1 aliphatic rings. The molecule has 1 fully saturated rings. The molecule has 1 heterocycles. The van der Waals surface area contributed by atoms with Gasteiger partial charge in [0.1, 0.15) is 0 Å². The number of hydrogen-bond donors (Lipinski definition) is 1. The van der Waals surface area contributed by atoms with Crippen LogP contribution in [0.1, 0.15) is 30.9 Å². The van der Waals surface area contributed by atoms with Gasteiger partial charge in [0.25, 0.3) is 0 Å². The predicted octanol–water partition coefficient (Wildman–Crippen LogP) is 2.03. The van der Waals surface area contributed by atoms with Crippen LogP contribution in [0.25, 0.3) is 0 Å². The Kier molecular flexibility index (Phi) is 2.33. The maximum Gasteiger partial charge on any atom is 0.0840 e. The Morgan fingerprint density at radius 3 is 2.14 bits per heavy atom. The van der Waals surface area contributed by atoms with Gasteiger partial charge in [0, 0.05) is 5.92 Å². The van der Waals surface area contributed by atoms with Crippen molar-refractivity contribution in [1.82, 2.24) is 0 Å². The second-order valence-corrected chi connectivity index (χ2v) is 4.42. The summed E-state index contributed by atoms with van der Waals surface area (Å²) in [4.78, 5) is 0. The quantitative estimate of drug-likeness (QED) is 0.777. The Labute approximate surface area is 84.5 Å². The van der Waals surface area contributed by atoms with Crippen molar-refractivity contribution in [3.63, 3.8) is 0 Å². The first kappa shape index (κ1) is 9.69. The molecule has 1 N–H and O–H groups in total. The van der Waals surface area contributed by atoms with Crippen LogP contribution >= 0.6 is 0 Å². The molecule has 0 spiro atoms. The normalized spacial score (nSPS) is 17.9. The molecule has 0 radical (unpaired) electrons. The highest BCUT2D eigenvalue weighted by atomic mass is 16.5. The van der Waals surface area contributed by atoms with Crippen LogP contribution in [0.2, 0.25) is 0 Å². The molecule has 76 valence electrons. The van der Waals surface area contributed by atoms with Gasteiger partial charge < -0.3 is 9.84 Å². The molecular formula is C12H16O2. The zero-order chi connectivity index (χ0) is 10.2. The second-order valence-electron chi connectivity index (χ2n) is 4.42. The highest BCUT2D eigenvalue weighted by molar-refractivity contribution is 5.29. The summed E-state index contributed by atoms with van der Waals surface area (Å²) >= 11 is 0.